The Morgan fingerprint density at radius 2 is 0.869 bits per heavy atom. The summed E-state index contributed by atoms with van der Waals surface area (Å²) in [6, 6.07) is 7.97. The molecule has 0 aromatic carbocycles. The fourth-order valence-electron chi connectivity index (χ4n) is 10.2. The van der Waals surface area contributed by atoms with Gasteiger partial charge in [0.25, 0.3) is 49.7 Å². The molecular formula is C48H52Br2N14O37P6-6. The van der Waals surface area contributed by atoms with Gasteiger partial charge in [-0.25, -0.2) is 48.1 Å². The third kappa shape index (κ3) is 21.3. The zero-order chi connectivity index (χ0) is 78.8. The quantitative estimate of drug-likeness (QED) is 0.0129. The number of carboxylic acid groups (broad SMARTS) is 2. The Morgan fingerprint density at radius 1 is 0.514 bits per heavy atom. The van der Waals surface area contributed by atoms with Gasteiger partial charge in [0.05, 0.1) is 47.6 Å². The van der Waals surface area contributed by atoms with Gasteiger partial charge in [-0.1, -0.05) is 0 Å². The largest absolute Gasteiger partial charge is 0.790 e. The highest BCUT2D eigenvalue weighted by molar-refractivity contribution is 9.10. The lowest BCUT2D eigenvalue weighted by atomic mass is 10.1. The second kappa shape index (κ2) is 34.2. The topological polar surface area (TPSA) is 797 Å². The molecule has 4 saturated heterocycles. The number of anilines is 2. The van der Waals surface area contributed by atoms with Crippen LogP contribution in [-0.2, 0) is 82.1 Å². The van der Waals surface area contributed by atoms with Crippen molar-refractivity contribution in [3.8, 4) is 0 Å². The molecule has 0 bridgehead atoms. The number of carbonyl (C=O) groups is 3. The summed E-state index contributed by atoms with van der Waals surface area (Å²) in [5.41, 5.74) is 16.9. The fourth-order valence-corrected chi connectivity index (χ4v) is 16.4. The minimum atomic E-state index is -5.89. The summed E-state index contributed by atoms with van der Waals surface area (Å²) in [7, 11) is -35.0. The Bertz CT molecular complexity index is 4450. The van der Waals surface area contributed by atoms with Crippen LogP contribution in [0.2, 0.25) is 0 Å². The van der Waals surface area contributed by atoms with Crippen molar-refractivity contribution in [1.29, 1.82) is 0 Å². The Labute approximate surface area is 611 Å². The molecule has 20 atom stereocenters. The van der Waals surface area contributed by atoms with Crippen molar-refractivity contribution in [2.75, 3.05) is 37.9 Å². The van der Waals surface area contributed by atoms with Crippen molar-refractivity contribution < 1.29 is 186 Å². The number of nitrogens with zero attached hydrogens (tertiary/aromatic N) is 11. The first-order valence-corrected chi connectivity index (χ1v) is 39.5. The molecule has 1 amide bonds. The Kier molecular flexibility index (Phi) is 27.1. The zero-order valence-electron chi connectivity index (χ0n) is 52.7. The van der Waals surface area contributed by atoms with Gasteiger partial charge in [-0.05, 0) is 56.1 Å². The van der Waals surface area contributed by atoms with Crippen molar-refractivity contribution in [3.05, 3.63) is 112 Å². The number of hydrogen-bond donors (Lipinski definition) is 11. The number of fused-ring (bicyclic) bond motifs is 2. The number of aliphatic hydroxyl groups is 6. The average Bonchev–Trinajstić information content (AvgIpc) is 1.62. The summed E-state index contributed by atoms with van der Waals surface area (Å²) in [6.07, 6.45) is -18.8. The lowest BCUT2D eigenvalue weighted by Gasteiger charge is -2.33. The summed E-state index contributed by atoms with van der Waals surface area (Å²) in [5, 5.41) is 80.9. The van der Waals surface area contributed by atoms with E-state index < -0.39 is 189 Å². The van der Waals surface area contributed by atoms with Gasteiger partial charge in [0.2, 0.25) is 0 Å². The molecule has 7 aromatic rings. The molecule has 0 radical (unpaired) electrons. The number of hydrogen-bond acceptors (Lipinski definition) is 44. The van der Waals surface area contributed by atoms with Crippen LogP contribution in [0.4, 0.5) is 11.6 Å². The SMILES string of the molecule is NC(=O)c1ccc[n+](C2O[C@H](COP(=O)([O-])OP(=O)([O-])OC[C@H]3OC(n4c(Br)nc5c(N)ncnc54)C(O)[C@H]3O)[C@H](O)C2OP(=O)([O-])[O-])c1.Nc1ncnc2c1nc(Br)n2C1O[C@H](COP(=O)([O-])OP(=O)([O-])OC[C@H]2OC([n+]3cccc(C(=O)O)c3)C(OP(=O)([O-])[O-])[C@H]2O)[C@H](O)C1O.O=C(O)c1cccnc1. The number of amides is 1. The lowest BCUT2D eigenvalue weighted by molar-refractivity contribution is -0.765. The third-order valence-corrected chi connectivity index (χ3v) is 22.1. The summed E-state index contributed by atoms with van der Waals surface area (Å²) >= 11 is 6.29. The van der Waals surface area contributed by atoms with Crippen molar-refractivity contribution in [2.45, 2.75) is 98.2 Å². The van der Waals surface area contributed by atoms with E-state index in [4.69, 9.17) is 41.3 Å². The maximum atomic E-state index is 12.4. The normalized spacial score (nSPS) is 28.2. The number of ether oxygens (including phenoxy) is 4. The van der Waals surface area contributed by atoms with Gasteiger partial charge >= 0.3 is 11.9 Å². The lowest BCUT2D eigenvalue weighted by Crippen LogP contribution is -2.48. The summed E-state index contributed by atoms with van der Waals surface area (Å²) in [4.78, 5) is 155. The predicted molar refractivity (Wildman–Crippen MR) is 328 cm³/mol. The molecule has 4 fully saturated rings. The second-order valence-corrected chi connectivity index (χ2v) is 31.6. The number of pyridine rings is 3. The average molecular weight is 1760 g/mol. The molecule has 12 unspecified atom stereocenters. The molecule has 586 valence electrons. The Hall–Kier alpha value is -6.14. The van der Waals surface area contributed by atoms with E-state index in [0.29, 0.717) is 0 Å². The minimum Gasteiger partial charge on any atom is -0.790 e. The smallest absolute Gasteiger partial charge is 0.341 e. The van der Waals surface area contributed by atoms with Gasteiger partial charge < -0.3 is 152 Å². The number of nitrogens with two attached hydrogens (primary N) is 3. The number of aromatic carboxylic acids is 2. The van der Waals surface area contributed by atoms with Gasteiger partial charge in [0.15, 0.2) is 92.9 Å². The van der Waals surface area contributed by atoms with Crippen LogP contribution in [0.3, 0.4) is 0 Å². The van der Waals surface area contributed by atoms with Crippen LogP contribution in [0.5, 0.6) is 0 Å². The summed E-state index contributed by atoms with van der Waals surface area (Å²) in [6.45, 7) is -4.61. The number of phosphoric ester groups is 6. The van der Waals surface area contributed by atoms with E-state index >= 15 is 0 Å². The number of carbonyl (C=O) groups excluding carboxylic acids is 1. The molecule has 4 aliphatic heterocycles. The number of rotatable bonds is 27. The standard InChI is InChI=1S/C21H27BrN7O17P3.C21H26BrN6O18P3.C6H5NO2/c22-21-27-11-16(23)25-7-26-18(11)29(21)19-14(32)12(30)9(43-19)5-41-48(37,38)46-49(39,40)42-6-10-13(31)15(45-47(34,35)36)20(44-10)28-3-1-2-8(4-28)17(24)33;22-21-26-11-16(23)24-7-25-17(11)28(21)18-14(31)12(29)9(43-18)5-41-48(37,38)46-49(39,40)42-6-10-13(30)15(45-47(34,35)36)19(44-10)27-3-1-2-8(4-27)20(32)33;8-6(9)5-2-1-3-7-4-5/h1-4,7,9-10,12-15,19-20,30-32H,5-6H2,(H7-,23,24,25,26,33,34,35,36,37,38,39,40);1-4,7,9-10,12-15,18-19,29-31H,5-6H2,(H6-,23,24,25,32,33,34,35,36,37,38,39,40);1-4H,(H,8,9)/p-6/t9-,10-,12+,13+,14?,15?,19?,20?;9-,10-,12+,13+,14?,15?,18?,19?;/m11./s1. The Balaban J connectivity index is 0.000000221. The van der Waals surface area contributed by atoms with Crippen molar-refractivity contribution >= 4 is 131 Å². The van der Waals surface area contributed by atoms with Crippen molar-refractivity contribution in [1.82, 2.24) is 44.0 Å². The van der Waals surface area contributed by atoms with Crippen LogP contribution in [0.25, 0.3) is 22.3 Å². The molecule has 0 saturated carbocycles. The maximum Gasteiger partial charge on any atom is 0.341 e. The van der Waals surface area contributed by atoms with Crippen LogP contribution < -0.4 is 65.5 Å². The van der Waals surface area contributed by atoms with Crippen LogP contribution in [-0.4, -0.2) is 202 Å². The number of nitrogen functional groups attached to an aromatic ring is 2. The first-order chi connectivity index (χ1) is 49.8. The van der Waals surface area contributed by atoms with Crippen LogP contribution in [0, 0.1) is 0 Å². The van der Waals surface area contributed by atoms with Crippen molar-refractivity contribution in [3.63, 3.8) is 0 Å². The van der Waals surface area contributed by atoms with Crippen LogP contribution >= 0.6 is 78.8 Å². The van der Waals surface area contributed by atoms with E-state index in [1.165, 1.54) is 52.0 Å². The molecule has 0 aliphatic carbocycles. The van der Waals surface area contributed by atoms with Gasteiger partial charge in [-0.2, -0.15) is 9.13 Å². The molecule has 11 heterocycles. The molecule has 51 nitrogen and oxygen atoms in total. The third-order valence-electron chi connectivity index (χ3n) is 14.9. The molecule has 107 heavy (non-hydrogen) atoms. The molecule has 59 heteroatoms. The number of primary amides is 1. The monoisotopic (exact) mass is 1760 g/mol. The highest BCUT2D eigenvalue weighted by atomic mass is 79.9. The number of aliphatic hydroxyl groups excluding tert-OH is 6. The molecule has 14 N–H and O–H groups in total. The van der Waals surface area contributed by atoms with E-state index in [-0.39, 0.29) is 60.1 Å². The maximum absolute atomic E-state index is 12.4. The van der Waals surface area contributed by atoms with Gasteiger partial charge in [-0.3, -0.25) is 37.2 Å². The first kappa shape index (κ1) is 84.9. The van der Waals surface area contributed by atoms with Gasteiger partial charge in [-0.15, -0.1) is 0 Å². The number of carboxylic acids is 2. The predicted octanol–water partition coefficient (Wildman–Crippen LogP) is -7.95. The van der Waals surface area contributed by atoms with Crippen LogP contribution in [0.15, 0.2) is 95.7 Å². The van der Waals surface area contributed by atoms with E-state index in [1.807, 2.05) is 0 Å². The number of imidazole rings is 2. The Morgan fingerprint density at radius 3 is 1.21 bits per heavy atom. The van der Waals surface area contributed by atoms with E-state index in [0.717, 1.165) is 46.4 Å². The van der Waals surface area contributed by atoms with Gasteiger partial charge in [0, 0.05) is 24.5 Å². The number of phosphoric acid groups is 6. The highest BCUT2D eigenvalue weighted by Crippen LogP contribution is 2.58. The zero-order valence-corrected chi connectivity index (χ0v) is 61.2. The van der Waals surface area contributed by atoms with E-state index in [1.54, 1.807) is 6.07 Å². The molecule has 11 rings (SSSR count). The number of aromatic nitrogens is 11. The second-order valence-electron chi connectivity index (χ2n) is 22.0. The highest BCUT2D eigenvalue weighted by Gasteiger charge is 2.54. The summed E-state index contributed by atoms with van der Waals surface area (Å²) < 4.78 is 133. The number of halogens is 2. The molecular weight excluding hydrogens is 1710 g/mol. The van der Waals surface area contributed by atoms with Gasteiger partial charge in [0.1, 0.15) is 84.8 Å². The van der Waals surface area contributed by atoms with Crippen LogP contribution in [0.1, 0.15) is 56.0 Å². The van der Waals surface area contributed by atoms with E-state index in [2.05, 4.69) is 103 Å². The molecule has 4 aliphatic rings. The molecule has 0 spiro atoms. The van der Waals surface area contributed by atoms with E-state index in [9.17, 15) is 117 Å². The fraction of sp³-hybridized carbons (Fsp3) is 0.417. The first-order valence-electron chi connectivity index (χ1n) is 29.2. The van der Waals surface area contributed by atoms with Crippen molar-refractivity contribution in [2.24, 2.45) is 5.73 Å². The summed E-state index contributed by atoms with van der Waals surface area (Å²) in [5.74, 6) is -3.31. The molecule has 7 aromatic heterocycles. The minimum absolute atomic E-state index is 0.0161.